The van der Waals surface area contributed by atoms with Crippen molar-refractivity contribution in [1.29, 1.82) is 0 Å². The van der Waals surface area contributed by atoms with E-state index in [0.29, 0.717) is 35.9 Å². The van der Waals surface area contributed by atoms with E-state index >= 15 is 0 Å². The fourth-order valence-corrected chi connectivity index (χ4v) is 10.1. The first kappa shape index (κ1) is 40.8. The van der Waals surface area contributed by atoms with Crippen LogP contribution in [-0.2, 0) is 9.59 Å². The number of carbonyl (C=O) groups excluding carboxylic acids is 2. The molecule has 4 aromatic carbocycles. The van der Waals surface area contributed by atoms with Crippen LogP contribution in [0.1, 0.15) is 96.6 Å². The summed E-state index contributed by atoms with van der Waals surface area (Å²) in [5.74, 6) is 0.823. The first-order valence-corrected chi connectivity index (χ1v) is 21.9. The fourth-order valence-electron chi connectivity index (χ4n) is 10.1. The van der Waals surface area contributed by atoms with Crippen LogP contribution < -0.4 is 10.6 Å². The van der Waals surface area contributed by atoms with Crippen molar-refractivity contribution in [3.8, 4) is 33.6 Å². The third-order valence-corrected chi connectivity index (χ3v) is 14.2. The lowest BCUT2D eigenvalue weighted by Crippen LogP contribution is -2.42. The van der Waals surface area contributed by atoms with Gasteiger partial charge in [0, 0.05) is 18.7 Å². The molecule has 2 saturated carbocycles. The minimum absolute atomic E-state index is 0.0352. The van der Waals surface area contributed by atoms with Crippen LogP contribution in [0, 0.1) is 24.7 Å². The third kappa shape index (κ3) is 7.66. The average Bonchev–Trinajstić information content (AvgIpc) is 3.88. The third-order valence-electron chi connectivity index (χ3n) is 14.2. The lowest BCUT2D eigenvalue weighted by molar-refractivity contribution is -0.135. The molecule has 4 atom stereocenters. The summed E-state index contributed by atoms with van der Waals surface area (Å²) in [4.78, 5) is 72.2. The predicted molar refractivity (Wildman–Crippen MR) is 239 cm³/mol. The molecular formula is C50H50N8O6. The molecule has 6 N–H and O–H groups in total. The average molecular weight is 859 g/mol. The highest BCUT2D eigenvalue weighted by Crippen LogP contribution is 2.59. The quantitative estimate of drug-likeness (QED) is 0.0743. The van der Waals surface area contributed by atoms with Gasteiger partial charge in [-0.05, 0) is 102 Å². The van der Waals surface area contributed by atoms with Gasteiger partial charge >= 0.3 is 12.2 Å². The number of benzene rings is 4. The Morgan fingerprint density at radius 1 is 0.594 bits per heavy atom. The van der Waals surface area contributed by atoms with Gasteiger partial charge in [0.2, 0.25) is 0 Å². The molecule has 14 nitrogen and oxygen atoms in total. The number of nitrogens with one attached hydrogen (secondary N) is 4. The van der Waals surface area contributed by atoms with Gasteiger partial charge in [0.05, 0.1) is 35.9 Å². The molecular weight excluding hydrogens is 809 g/mol. The zero-order valence-electron chi connectivity index (χ0n) is 35.7. The number of amides is 4. The molecule has 4 aliphatic rings. The number of H-pyrrole nitrogens is 2. The largest absolute Gasteiger partial charge is 0.465 e. The number of hydrogen-bond donors (Lipinski definition) is 6. The van der Waals surface area contributed by atoms with Crippen LogP contribution in [0.15, 0.2) is 109 Å². The second-order valence-electron chi connectivity index (χ2n) is 18.3. The summed E-state index contributed by atoms with van der Waals surface area (Å²) in [7, 11) is 0. The summed E-state index contributed by atoms with van der Waals surface area (Å²) in [6.45, 7) is 5.35. The number of aromatic nitrogens is 4. The number of carboxylic acid groups (broad SMARTS) is 2. The van der Waals surface area contributed by atoms with Gasteiger partial charge in [0.1, 0.15) is 23.7 Å². The summed E-state index contributed by atoms with van der Waals surface area (Å²) >= 11 is 0. The lowest BCUT2D eigenvalue weighted by atomic mass is 9.92. The van der Waals surface area contributed by atoms with Crippen LogP contribution in [0.3, 0.4) is 0 Å². The second-order valence-corrected chi connectivity index (χ2v) is 18.3. The van der Waals surface area contributed by atoms with Gasteiger partial charge in [-0.1, -0.05) is 97.1 Å². The van der Waals surface area contributed by atoms with E-state index in [1.54, 1.807) is 54.7 Å². The van der Waals surface area contributed by atoms with E-state index < -0.39 is 24.3 Å². The molecule has 2 spiro atoms. The molecule has 4 amide bonds. The number of rotatable bonds is 11. The second kappa shape index (κ2) is 15.8. The van der Waals surface area contributed by atoms with E-state index in [1.807, 2.05) is 28.1 Å². The first-order chi connectivity index (χ1) is 30.9. The van der Waals surface area contributed by atoms with Crippen LogP contribution in [0.25, 0.3) is 33.6 Å². The maximum Gasteiger partial charge on any atom is 0.405 e. The standard InChI is InChI=1S/C50H50N8O6/c1-29-30(2)36(38-26-52-44(54-38)40-24-50(21-22-50)28-58(40)46(60)42(56-48(63)64)34-11-7-4-8-12-34)18-17-35(29)31-13-15-32(16-14-31)37-25-51-43(53-37)39-23-49(19-20-49)27-57(39)45(59)41(55-47(61)62)33-9-5-3-6-10-33/h3-18,25-26,39-42,55-56H,19-24,27-28H2,1-2H3,(H,51,53)(H,52,54)(H,61,62)(H,63,64)/t39-,40-,41+,42+/m0/s1. The van der Waals surface area contributed by atoms with Crippen molar-refractivity contribution in [3.05, 3.63) is 143 Å². The maximum absolute atomic E-state index is 14.2. The van der Waals surface area contributed by atoms with E-state index in [9.17, 15) is 29.4 Å². The van der Waals surface area contributed by atoms with Crippen LogP contribution in [0.4, 0.5) is 9.59 Å². The lowest BCUT2D eigenvalue weighted by Gasteiger charge is -2.28. The SMILES string of the molecule is Cc1c(-c2ccc(-c3cnc([C@@H]4CC5(CC5)CN4C(=O)[C@H](NC(=O)O)c4ccccc4)[nH]3)cc2)ccc(-c2cnc([C@@H]3CC4(CC4)CN3C(=O)[C@H](NC(=O)O)c3ccccc3)[nH]2)c1C. The molecule has 0 radical (unpaired) electrons. The van der Waals surface area contributed by atoms with Gasteiger partial charge in [-0.25, -0.2) is 19.6 Å². The molecule has 2 aromatic heterocycles. The van der Waals surface area contributed by atoms with Gasteiger partial charge in [-0.2, -0.15) is 0 Å². The van der Waals surface area contributed by atoms with Crippen molar-refractivity contribution in [1.82, 2.24) is 40.4 Å². The van der Waals surface area contributed by atoms with Crippen molar-refractivity contribution < 1.29 is 29.4 Å². The van der Waals surface area contributed by atoms with Crippen molar-refractivity contribution >= 4 is 24.0 Å². The highest BCUT2D eigenvalue weighted by Gasteiger charge is 2.56. The molecule has 64 heavy (non-hydrogen) atoms. The molecule has 0 unspecified atom stereocenters. The zero-order chi connectivity index (χ0) is 44.3. The van der Waals surface area contributed by atoms with Crippen molar-refractivity contribution in [2.75, 3.05) is 13.1 Å². The maximum atomic E-state index is 14.2. The van der Waals surface area contributed by atoms with Crippen LogP contribution >= 0.6 is 0 Å². The Morgan fingerprint density at radius 2 is 1.02 bits per heavy atom. The molecule has 14 heteroatoms. The molecule has 4 fully saturated rings. The predicted octanol–water partition coefficient (Wildman–Crippen LogP) is 8.88. The van der Waals surface area contributed by atoms with Crippen molar-refractivity contribution in [2.45, 2.75) is 76.5 Å². The smallest absolute Gasteiger partial charge is 0.405 e. The van der Waals surface area contributed by atoms with Gasteiger partial charge < -0.3 is 40.6 Å². The normalized spacial score (nSPS) is 20.0. The Morgan fingerprint density at radius 3 is 1.48 bits per heavy atom. The summed E-state index contributed by atoms with van der Waals surface area (Å²) < 4.78 is 0. The van der Waals surface area contributed by atoms with Crippen LogP contribution in [0.5, 0.6) is 0 Å². The van der Waals surface area contributed by atoms with Gasteiger partial charge in [-0.15, -0.1) is 0 Å². The Balaban J connectivity index is 0.860. The molecule has 0 bridgehead atoms. The van der Waals surface area contributed by atoms with Crippen LogP contribution in [0.2, 0.25) is 0 Å². The summed E-state index contributed by atoms with van der Waals surface area (Å²) in [6.07, 6.45) is 6.79. The molecule has 10 rings (SSSR count). The summed E-state index contributed by atoms with van der Waals surface area (Å²) in [6, 6.07) is 27.9. The number of imidazole rings is 2. The molecule has 4 heterocycles. The minimum Gasteiger partial charge on any atom is -0.465 e. The highest BCUT2D eigenvalue weighted by atomic mass is 16.4. The van der Waals surface area contributed by atoms with Gasteiger partial charge in [0.25, 0.3) is 11.8 Å². The van der Waals surface area contributed by atoms with E-state index in [1.165, 1.54) is 0 Å². The fraction of sp³-hybridized carbons (Fsp3) is 0.320. The number of carbonyl (C=O) groups is 4. The van der Waals surface area contributed by atoms with E-state index in [-0.39, 0.29) is 34.7 Å². The zero-order valence-corrected chi connectivity index (χ0v) is 35.7. The number of nitrogens with zero attached hydrogens (tertiary/aromatic N) is 4. The van der Waals surface area contributed by atoms with E-state index in [0.717, 1.165) is 83.3 Å². The highest BCUT2D eigenvalue weighted by molar-refractivity contribution is 5.88. The van der Waals surface area contributed by atoms with E-state index in [2.05, 4.69) is 70.8 Å². The first-order valence-electron chi connectivity index (χ1n) is 21.9. The van der Waals surface area contributed by atoms with Crippen molar-refractivity contribution in [2.24, 2.45) is 10.8 Å². The van der Waals surface area contributed by atoms with Gasteiger partial charge in [-0.3, -0.25) is 9.59 Å². The van der Waals surface area contributed by atoms with Crippen LogP contribution in [-0.4, -0.2) is 77.0 Å². The minimum atomic E-state index is -1.25. The molecule has 2 aliphatic carbocycles. The summed E-state index contributed by atoms with van der Waals surface area (Å²) in [5, 5.41) is 24.2. The number of hydrogen-bond acceptors (Lipinski definition) is 6. The van der Waals surface area contributed by atoms with Crippen molar-refractivity contribution in [3.63, 3.8) is 0 Å². The van der Waals surface area contributed by atoms with Gasteiger partial charge in [0.15, 0.2) is 0 Å². The molecule has 2 saturated heterocycles. The Hall–Kier alpha value is -7.22. The van der Waals surface area contributed by atoms with E-state index in [4.69, 9.17) is 9.97 Å². The molecule has 2 aliphatic heterocycles. The molecule has 326 valence electrons. The number of likely N-dealkylation sites (tertiary alicyclic amines) is 2. The Kier molecular flexibility index (Phi) is 10.1. The Labute approximate surface area is 370 Å². The monoisotopic (exact) mass is 858 g/mol. The Bertz CT molecular complexity index is 2760. The molecule has 6 aromatic rings. The topological polar surface area (TPSA) is 197 Å². The number of aromatic amines is 2. The summed E-state index contributed by atoms with van der Waals surface area (Å²) in [5.41, 5.74) is 9.28.